The van der Waals surface area contributed by atoms with Crippen LogP contribution >= 0.6 is 11.8 Å². The van der Waals surface area contributed by atoms with Crippen molar-refractivity contribution < 1.29 is 4.74 Å². The predicted molar refractivity (Wildman–Crippen MR) is 87.6 cm³/mol. The molecule has 1 atom stereocenters. The SMILES string of the molecule is CCNC(=NCCC1=CCOCC1)N[C@H]1CCCSC1. The maximum Gasteiger partial charge on any atom is 0.191 e. The highest BCUT2D eigenvalue weighted by molar-refractivity contribution is 7.99. The van der Waals surface area contributed by atoms with Crippen molar-refractivity contribution in [3.8, 4) is 0 Å². The van der Waals surface area contributed by atoms with Gasteiger partial charge in [0, 0.05) is 24.9 Å². The van der Waals surface area contributed by atoms with Crippen molar-refractivity contribution in [2.24, 2.45) is 4.99 Å². The van der Waals surface area contributed by atoms with Gasteiger partial charge in [-0.2, -0.15) is 11.8 Å². The lowest BCUT2D eigenvalue weighted by Gasteiger charge is -2.24. The maximum absolute atomic E-state index is 5.33. The minimum atomic E-state index is 0.578. The lowest BCUT2D eigenvalue weighted by atomic mass is 10.1. The van der Waals surface area contributed by atoms with E-state index in [0.29, 0.717) is 6.04 Å². The summed E-state index contributed by atoms with van der Waals surface area (Å²) in [5.41, 5.74) is 1.49. The number of aliphatic imine (C=N–C) groups is 1. The third-order valence-electron chi connectivity index (χ3n) is 3.61. The quantitative estimate of drug-likeness (QED) is 0.464. The molecule has 0 aromatic heterocycles. The summed E-state index contributed by atoms with van der Waals surface area (Å²) in [6.07, 6.45) is 6.91. The van der Waals surface area contributed by atoms with E-state index in [4.69, 9.17) is 9.73 Å². The van der Waals surface area contributed by atoms with Gasteiger partial charge in [-0.1, -0.05) is 11.6 Å². The first-order valence-corrected chi connectivity index (χ1v) is 8.92. The molecular weight excluding hydrogens is 270 g/mol. The first-order chi connectivity index (χ1) is 9.88. The zero-order chi connectivity index (χ0) is 14.0. The average Bonchev–Trinajstić information content (AvgIpc) is 2.49. The molecule has 0 aromatic carbocycles. The van der Waals surface area contributed by atoms with E-state index in [9.17, 15) is 0 Å². The van der Waals surface area contributed by atoms with E-state index in [1.165, 1.54) is 29.9 Å². The Hall–Kier alpha value is -0.680. The van der Waals surface area contributed by atoms with Crippen molar-refractivity contribution in [2.75, 3.05) is 37.8 Å². The number of nitrogens with one attached hydrogen (secondary N) is 2. The topological polar surface area (TPSA) is 45.7 Å². The van der Waals surface area contributed by atoms with Gasteiger partial charge in [-0.25, -0.2) is 0 Å². The van der Waals surface area contributed by atoms with Gasteiger partial charge in [0.25, 0.3) is 0 Å². The van der Waals surface area contributed by atoms with Crippen LogP contribution in [0.1, 0.15) is 32.6 Å². The average molecular weight is 297 g/mol. The molecule has 0 unspecified atom stereocenters. The summed E-state index contributed by atoms with van der Waals surface area (Å²) in [5, 5.41) is 6.92. The molecule has 2 rings (SSSR count). The standard InChI is InChI=1S/C15H27N3OS/c1-2-16-15(18-14-4-3-11-20-12-14)17-8-5-13-6-9-19-10-7-13/h6,14H,2-5,7-12H2,1H3,(H2,16,17,18)/t14-/m0/s1. The molecule has 0 bridgehead atoms. The Bertz CT molecular complexity index is 338. The zero-order valence-electron chi connectivity index (χ0n) is 12.5. The molecular formula is C15H27N3OS. The smallest absolute Gasteiger partial charge is 0.191 e. The molecule has 1 fully saturated rings. The van der Waals surface area contributed by atoms with Crippen molar-refractivity contribution >= 4 is 17.7 Å². The van der Waals surface area contributed by atoms with Gasteiger partial charge in [0.05, 0.1) is 13.2 Å². The van der Waals surface area contributed by atoms with E-state index >= 15 is 0 Å². The number of rotatable bonds is 5. The lowest BCUT2D eigenvalue weighted by Crippen LogP contribution is -2.45. The normalized spacial score (nSPS) is 24.1. The molecule has 5 heteroatoms. The number of hydrogen-bond donors (Lipinski definition) is 2. The first-order valence-electron chi connectivity index (χ1n) is 7.76. The lowest BCUT2D eigenvalue weighted by molar-refractivity contribution is 0.153. The molecule has 0 saturated carbocycles. The Kier molecular flexibility index (Phi) is 7.30. The zero-order valence-corrected chi connectivity index (χ0v) is 13.3. The fourth-order valence-corrected chi connectivity index (χ4v) is 3.54. The van der Waals surface area contributed by atoms with Crippen molar-refractivity contribution in [3.05, 3.63) is 11.6 Å². The van der Waals surface area contributed by atoms with Crippen LogP contribution in [0.15, 0.2) is 16.6 Å². The van der Waals surface area contributed by atoms with Gasteiger partial charge in [-0.05, 0) is 38.4 Å². The molecule has 2 aliphatic heterocycles. The largest absolute Gasteiger partial charge is 0.377 e. The minimum absolute atomic E-state index is 0.578. The van der Waals surface area contributed by atoms with Crippen molar-refractivity contribution in [3.63, 3.8) is 0 Å². The summed E-state index contributed by atoms with van der Waals surface area (Å²) in [6, 6.07) is 0.578. The van der Waals surface area contributed by atoms with Crippen LogP contribution in [0, 0.1) is 0 Å². The Labute approximate surface area is 126 Å². The Balaban J connectivity index is 1.76. The molecule has 0 amide bonds. The molecule has 2 heterocycles. The second kappa shape index (κ2) is 9.29. The summed E-state index contributed by atoms with van der Waals surface area (Å²) in [4.78, 5) is 4.71. The fraction of sp³-hybridized carbons (Fsp3) is 0.800. The second-order valence-corrected chi connectivity index (χ2v) is 6.41. The number of guanidine groups is 1. The van der Waals surface area contributed by atoms with Crippen LogP contribution in [0.4, 0.5) is 0 Å². The molecule has 0 radical (unpaired) electrons. The van der Waals surface area contributed by atoms with Gasteiger partial charge < -0.3 is 15.4 Å². The molecule has 0 spiro atoms. The minimum Gasteiger partial charge on any atom is -0.377 e. The van der Waals surface area contributed by atoms with Crippen LogP contribution in [0.3, 0.4) is 0 Å². The number of hydrogen-bond acceptors (Lipinski definition) is 3. The predicted octanol–water partition coefficient (Wildman–Crippen LogP) is 2.17. The van der Waals surface area contributed by atoms with Crippen LogP contribution in [-0.2, 0) is 4.74 Å². The second-order valence-electron chi connectivity index (χ2n) is 5.26. The number of nitrogens with zero attached hydrogens (tertiary/aromatic N) is 1. The molecule has 2 aliphatic rings. The Morgan fingerprint density at radius 1 is 1.55 bits per heavy atom. The fourth-order valence-electron chi connectivity index (χ4n) is 2.47. The maximum atomic E-state index is 5.33. The first kappa shape index (κ1) is 15.7. The van der Waals surface area contributed by atoms with Crippen LogP contribution < -0.4 is 10.6 Å². The van der Waals surface area contributed by atoms with Gasteiger partial charge >= 0.3 is 0 Å². The molecule has 0 aliphatic carbocycles. The van der Waals surface area contributed by atoms with E-state index in [2.05, 4.69) is 23.6 Å². The van der Waals surface area contributed by atoms with E-state index in [1.807, 2.05) is 11.8 Å². The van der Waals surface area contributed by atoms with Gasteiger partial charge in [-0.15, -0.1) is 0 Å². The molecule has 0 aromatic rings. The van der Waals surface area contributed by atoms with Gasteiger partial charge in [0.1, 0.15) is 0 Å². The van der Waals surface area contributed by atoms with Gasteiger partial charge in [0.15, 0.2) is 5.96 Å². The molecule has 4 nitrogen and oxygen atoms in total. The molecule has 114 valence electrons. The molecule has 2 N–H and O–H groups in total. The van der Waals surface area contributed by atoms with E-state index in [0.717, 1.165) is 45.1 Å². The van der Waals surface area contributed by atoms with E-state index in [1.54, 1.807) is 0 Å². The molecule has 1 saturated heterocycles. The van der Waals surface area contributed by atoms with Crippen molar-refractivity contribution in [2.45, 2.75) is 38.6 Å². The highest BCUT2D eigenvalue weighted by atomic mass is 32.2. The van der Waals surface area contributed by atoms with Crippen molar-refractivity contribution in [1.82, 2.24) is 10.6 Å². The third kappa shape index (κ3) is 5.75. The highest BCUT2D eigenvalue weighted by Gasteiger charge is 2.14. The van der Waals surface area contributed by atoms with Crippen LogP contribution in [-0.4, -0.2) is 49.8 Å². The Morgan fingerprint density at radius 3 is 3.20 bits per heavy atom. The summed E-state index contributed by atoms with van der Waals surface area (Å²) >= 11 is 2.04. The molecule has 20 heavy (non-hydrogen) atoms. The summed E-state index contributed by atoms with van der Waals surface area (Å²) in [7, 11) is 0. The van der Waals surface area contributed by atoms with Crippen molar-refractivity contribution in [1.29, 1.82) is 0 Å². The van der Waals surface area contributed by atoms with Gasteiger partial charge in [0.2, 0.25) is 0 Å². The van der Waals surface area contributed by atoms with Gasteiger partial charge in [-0.3, -0.25) is 4.99 Å². The van der Waals surface area contributed by atoms with E-state index < -0.39 is 0 Å². The summed E-state index contributed by atoms with van der Waals surface area (Å²) in [5.74, 6) is 3.49. The van der Waals surface area contributed by atoms with Crippen LogP contribution in [0.25, 0.3) is 0 Å². The summed E-state index contributed by atoms with van der Waals surface area (Å²) < 4.78 is 5.33. The Morgan fingerprint density at radius 2 is 2.50 bits per heavy atom. The van der Waals surface area contributed by atoms with Crippen LogP contribution in [0.2, 0.25) is 0 Å². The number of ether oxygens (including phenoxy) is 1. The summed E-state index contributed by atoms with van der Waals surface area (Å²) in [6.45, 7) is 5.54. The van der Waals surface area contributed by atoms with Crippen LogP contribution in [0.5, 0.6) is 0 Å². The monoisotopic (exact) mass is 297 g/mol. The third-order valence-corrected chi connectivity index (χ3v) is 4.82. The number of thioether (sulfide) groups is 1. The van der Waals surface area contributed by atoms with E-state index in [-0.39, 0.29) is 0 Å². The highest BCUT2D eigenvalue weighted by Crippen LogP contribution is 2.16.